The third-order valence-electron chi connectivity index (χ3n) is 3.81. The van der Waals surface area contributed by atoms with E-state index in [2.05, 4.69) is 0 Å². The van der Waals surface area contributed by atoms with E-state index < -0.39 is 18.0 Å². The smallest absolute Gasteiger partial charge is 0.393 e. The number of ether oxygens (including phenoxy) is 1. The molecule has 8 heteroatoms. The highest BCUT2D eigenvalue weighted by molar-refractivity contribution is 5.96. The van der Waals surface area contributed by atoms with Crippen molar-refractivity contribution in [1.82, 2.24) is 0 Å². The van der Waals surface area contributed by atoms with Crippen LogP contribution in [0, 0.1) is 5.92 Å². The molecule has 1 aliphatic rings. The molecule has 1 unspecified atom stereocenters. The molecule has 0 spiro atoms. The lowest BCUT2D eigenvalue weighted by Crippen LogP contribution is -2.42. The molecule has 1 aliphatic heterocycles. The van der Waals surface area contributed by atoms with Crippen LogP contribution in [0.15, 0.2) is 12.1 Å². The molecule has 1 fully saturated rings. The second kappa shape index (κ2) is 5.94. The van der Waals surface area contributed by atoms with Crippen LogP contribution in [0.2, 0.25) is 0 Å². The molecule has 0 bridgehead atoms. The van der Waals surface area contributed by atoms with Crippen molar-refractivity contribution in [3.8, 4) is 5.75 Å². The zero-order chi connectivity index (χ0) is 16.5. The first-order valence-electron chi connectivity index (χ1n) is 6.83. The number of carbonyl (C=O) groups excluding carboxylic acids is 1. The highest BCUT2D eigenvalue weighted by atomic mass is 19.4. The summed E-state index contributed by atoms with van der Waals surface area (Å²) in [6.45, 7) is 0.267. The number of hydrogen-bond donors (Lipinski definition) is 2. The number of nitrogen functional groups attached to an aromatic ring is 1. The molecule has 1 amide bonds. The van der Waals surface area contributed by atoms with Crippen LogP contribution >= 0.6 is 0 Å². The molecule has 0 aromatic heterocycles. The van der Waals surface area contributed by atoms with E-state index in [-0.39, 0.29) is 30.0 Å². The zero-order valence-electron chi connectivity index (χ0n) is 12.1. The number of hydrogen-bond acceptors (Lipinski definition) is 4. The van der Waals surface area contributed by atoms with Crippen molar-refractivity contribution in [1.29, 1.82) is 0 Å². The lowest BCUT2D eigenvalue weighted by atomic mass is 9.96. The van der Waals surface area contributed by atoms with Gasteiger partial charge in [0.25, 0.3) is 0 Å². The number of halogens is 3. The second-order valence-corrected chi connectivity index (χ2v) is 5.31. The van der Waals surface area contributed by atoms with Gasteiger partial charge >= 0.3 is 6.18 Å². The largest absolute Gasteiger partial charge is 0.494 e. The fraction of sp³-hybridized carbons (Fsp3) is 0.500. The number of piperidine rings is 1. The summed E-state index contributed by atoms with van der Waals surface area (Å²) < 4.78 is 44.0. The molecule has 0 saturated carbocycles. The minimum atomic E-state index is -4.24. The van der Waals surface area contributed by atoms with E-state index in [9.17, 15) is 18.0 Å². The van der Waals surface area contributed by atoms with E-state index in [4.69, 9.17) is 16.2 Å². The summed E-state index contributed by atoms with van der Waals surface area (Å²) in [7, 11) is 1.37. The van der Waals surface area contributed by atoms with Crippen LogP contribution < -0.4 is 21.1 Å². The van der Waals surface area contributed by atoms with Crippen LogP contribution in [0.4, 0.5) is 24.5 Å². The van der Waals surface area contributed by atoms with E-state index in [1.165, 1.54) is 19.2 Å². The molecule has 1 saturated heterocycles. The Morgan fingerprint density at radius 3 is 2.64 bits per heavy atom. The van der Waals surface area contributed by atoms with Crippen molar-refractivity contribution in [2.75, 3.05) is 30.8 Å². The summed E-state index contributed by atoms with van der Waals surface area (Å²) in [6.07, 6.45) is -3.74. The number of primary amides is 1. The van der Waals surface area contributed by atoms with E-state index in [0.29, 0.717) is 18.7 Å². The molecule has 1 aromatic rings. The van der Waals surface area contributed by atoms with Gasteiger partial charge in [-0.05, 0) is 25.0 Å². The Kier molecular flexibility index (Phi) is 4.39. The van der Waals surface area contributed by atoms with Gasteiger partial charge in [0, 0.05) is 18.7 Å². The molecular formula is C14H18F3N3O2. The molecule has 1 aromatic carbocycles. The number of nitrogens with zero attached hydrogens (tertiary/aromatic N) is 1. The second-order valence-electron chi connectivity index (χ2n) is 5.31. The van der Waals surface area contributed by atoms with Crippen molar-refractivity contribution >= 4 is 17.3 Å². The number of alkyl halides is 3. The molecule has 1 heterocycles. The molecule has 0 aliphatic carbocycles. The lowest BCUT2D eigenvalue weighted by Gasteiger charge is -2.36. The van der Waals surface area contributed by atoms with Gasteiger partial charge in [0.05, 0.1) is 18.7 Å². The fourth-order valence-corrected chi connectivity index (χ4v) is 2.71. The maximum absolute atomic E-state index is 12.9. The van der Waals surface area contributed by atoms with E-state index in [0.717, 1.165) is 0 Å². The number of rotatable bonds is 3. The Hall–Kier alpha value is -2.12. The van der Waals surface area contributed by atoms with E-state index in [1.807, 2.05) is 0 Å². The molecule has 2 rings (SSSR count). The summed E-state index contributed by atoms with van der Waals surface area (Å²) in [5.74, 6) is -1.83. The normalized spacial score (nSPS) is 19.1. The lowest BCUT2D eigenvalue weighted by molar-refractivity contribution is -0.176. The topological polar surface area (TPSA) is 81.6 Å². The number of amides is 1. The molecule has 122 valence electrons. The standard InChI is InChI=1S/C14H18F3N3O2/c1-22-11-6-8(13(19)21)5-10(18)12(11)20-4-2-3-9(7-20)14(15,16)17/h5-6,9H,2-4,7,18H2,1H3,(H2,19,21). The fourth-order valence-electron chi connectivity index (χ4n) is 2.71. The van der Waals surface area contributed by atoms with Gasteiger partial charge in [0.2, 0.25) is 5.91 Å². The SMILES string of the molecule is COc1cc(C(N)=O)cc(N)c1N1CCCC(C(F)(F)F)C1. The molecule has 5 nitrogen and oxygen atoms in total. The van der Waals surface area contributed by atoms with Gasteiger partial charge < -0.3 is 21.1 Å². The summed E-state index contributed by atoms with van der Waals surface area (Å²) in [4.78, 5) is 12.8. The van der Waals surface area contributed by atoms with Crippen LogP contribution in [-0.4, -0.2) is 32.3 Å². The molecule has 22 heavy (non-hydrogen) atoms. The quantitative estimate of drug-likeness (QED) is 0.837. The highest BCUT2D eigenvalue weighted by Crippen LogP contribution is 2.40. The minimum absolute atomic E-state index is 0.0988. The van der Waals surface area contributed by atoms with Crippen molar-refractivity contribution in [2.45, 2.75) is 19.0 Å². The van der Waals surface area contributed by atoms with Crippen molar-refractivity contribution < 1.29 is 22.7 Å². The van der Waals surface area contributed by atoms with Gasteiger partial charge in [0.15, 0.2) is 0 Å². The van der Waals surface area contributed by atoms with Crippen molar-refractivity contribution in [3.05, 3.63) is 17.7 Å². The molecule has 1 atom stereocenters. The Labute approximate surface area is 126 Å². The van der Waals surface area contributed by atoms with E-state index in [1.54, 1.807) is 4.90 Å². The van der Waals surface area contributed by atoms with Gasteiger partial charge in [-0.25, -0.2) is 0 Å². The summed E-state index contributed by atoms with van der Waals surface area (Å²) in [6, 6.07) is 2.75. The van der Waals surface area contributed by atoms with Crippen LogP contribution in [0.5, 0.6) is 5.75 Å². The summed E-state index contributed by atoms with van der Waals surface area (Å²) >= 11 is 0. The monoisotopic (exact) mass is 317 g/mol. The first kappa shape index (κ1) is 16.3. The number of benzene rings is 1. The predicted molar refractivity (Wildman–Crippen MR) is 76.9 cm³/mol. The van der Waals surface area contributed by atoms with Gasteiger partial charge in [0.1, 0.15) is 11.4 Å². The Bertz CT molecular complexity index is 575. The van der Waals surface area contributed by atoms with Gasteiger partial charge in [-0.2, -0.15) is 13.2 Å². The maximum atomic E-state index is 12.9. The number of methoxy groups -OCH3 is 1. The van der Waals surface area contributed by atoms with Crippen molar-refractivity contribution in [3.63, 3.8) is 0 Å². The third kappa shape index (κ3) is 3.20. The van der Waals surface area contributed by atoms with Gasteiger partial charge in [-0.1, -0.05) is 0 Å². The summed E-state index contributed by atoms with van der Waals surface area (Å²) in [5, 5.41) is 0. The molecule has 4 N–H and O–H groups in total. The van der Waals surface area contributed by atoms with Crippen molar-refractivity contribution in [2.24, 2.45) is 11.7 Å². The Balaban J connectivity index is 2.37. The average Bonchev–Trinajstić information content (AvgIpc) is 2.45. The van der Waals surface area contributed by atoms with Crippen LogP contribution in [0.3, 0.4) is 0 Å². The maximum Gasteiger partial charge on any atom is 0.393 e. The molecular weight excluding hydrogens is 299 g/mol. The third-order valence-corrected chi connectivity index (χ3v) is 3.81. The van der Waals surface area contributed by atoms with E-state index >= 15 is 0 Å². The summed E-state index contributed by atoms with van der Waals surface area (Å²) in [5.41, 5.74) is 11.8. The highest BCUT2D eigenvalue weighted by Gasteiger charge is 2.42. The Morgan fingerprint density at radius 2 is 2.09 bits per heavy atom. The average molecular weight is 317 g/mol. The van der Waals surface area contributed by atoms with Gasteiger partial charge in [-0.3, -0.25) is 4.79 Å². The number of nitrogens with two attached hydrogens (primary N) is 2. The Morgan fingerprint density at radius 1 is 1.41 bits per heavy atom. The molecule has 0 radical (unpaired) electrons. The number of anilines is 2. The minimum Gasteiger partial charge on any atom is -0.494 e. The predicted octanol–water partition coefficient (Wildman–Crippen LogP) is 2.16. The van der Waals surface area contributed by atoms with Crippen LogP contribution in [-0.2, 0) is 0 Å². The van der Waals surface area contributed by atoms with Crippen LogP contribution in [0.1, 0.15) is 23.2 Å². The first-order chi connectivity index (χ1) is 10.2. The zero-order valence-corrected chi connectivity index (χ0v) is 12.1. The van der Waals surface area contributed by atoms with Crippen LogP contribution in [0.25, 0.3) is 0 Å². The first-order valence-corrected chi connectivity index (χ1v) is 6.83. The number of carbonyl (C=O) groups is 1. The van der Waals surface area contributed by atoms with Gasteiger partial charge in [-0.15, -0.1) is 0 Å².